The fourth-order valence-electron chi connectivity index (χ4n) is 2.09. The van der Waals surface area contributed by atoms with Crippen molar-refractivity contribution in [1.29, 1.82) is 5.26 Å². The van der Waals surface area contributed by atoms with Gasteiger partial charge in [-0.2, -0.15) is 5.26 Å². The second-order valence-electron chi connectivity index (χ2n) is 4.00. The Bertz CT molecular complexity index is 247. The summed E-state index contributed by atoms with van der Waals surface area (Å²) in [6.07, 6.45) is 5.49. The minimum Gasteiger partial charge on any atom is -0.480 e. The van der Waals surface area contributed by atoms with Gasteiger partial charge in [-0.15, -0.1) is 0 Å². The molecule has 15 heavy (non-hydrogen) atoms. The van der Waals surface area contributed by atoms with Crippen molar-refractivity contribution in [2.45, 2.75) is 44.6 Å². The molecule has 84 valence electrons. The average Bonchev–Trinajstić information content (AvgIpc) is 2.15. The van der Waals surface area contributed by atoms with Crippen molar-refractivity contribution in [1.82, 2.24) is 4.90 Å². The van der Waals surface area contributed by atoms with E-state index in [0.29, 0.717) is 13.0 Å². The molecule has 0 bridgehead atoms. The molecule has 1 heterocycles. The highest BCUT2D eigenvalue weighted by Gasteiger charge is 2.25. The summed E-state index contributed by atoms with van der Waals surface area (Å²) in [4.78, 5) is 13.0. The van der Waals surface area contributed by atoms with Crippen LogP contribution in [0.3, 0.4) is 0 Å². The zero-order valence-corrected chi connectivity index (χ0v) is 8.98. The number of carboxylic acids is 1. The van der Waals surface area contributed by atoms with Crippen LogP contribution in [-0.2, 0) is 4.79 Å². The standard InChI is InChI=1S/C11H18N2O2/c12-7-5-9-13-8-4-2-1-3-6-10(13)11(14)15/h10H,1-6,8-9H2,(H,14,15). The van der Waals surface area contributed by atoms with E-state index in [0.717, 1.165) is 32.2 Å². The van der Waals surface area contributed by atoms with E-state index in [4.69, 9.17) is 10.4 Å². The predicted octanol–water partition coefficient (Wildman–Crippen LogP) is 1.62. The summed E-state index contributed by atoms with van der Waals surface area (Å²) in [5.74, 6) is -0.741. The maximum absolute atomic E-state index is 11.1. The van der Waals surface area contributed by atoms with Gasteiger partial charge in [0.25, 0.3) is 0 Å². The lowest BCUT2D eigenvalue weighted by atomic mass is 10.0. The molecule has 1 N–H and O–H groups in total. The summed E-state index contributed by atoms with van der Waals surface area (Å²) in [7, 11) is 0. The van der Waals surface area contributed by atoms with Gasteiger partial charge in [0.2, 0.25) is 0 Å². The molecular weight excluding hydrogens is 192 g/mol. The molecule has 1 rings (SSSR count). The van der Waals surface area contributed by atoms with Gasteiger partial charge in [-0.3, -0.25) is 9.69 Å². The molecule has 1 atom stereocenters. The number of carboxylic acid groups (broad SMARTS) is 1. The minimum atomic E-state index is -0.741. The SMILES string of the molecule is N#CCCN1CCCCCCC1C(=O)O. The molecule has 4 nitrogen and oxygen atoms in total. The van der Waals surface area contributed by atoms with Gasteiger partial charge in [-0.1, -0.05) is 19.3 Å². The van der Waals surface area contributed by atoms with Gasteiger partial charge in [-0.05, 0) is 19.4 Å². The average molecular weight is 210 g/mol. The van der Waals surface area contributed by atoms with Crippen molar-refractivity contribution in [2.75, 3.05) is 13.1 Å². The molecule has 0 aromatic carbocycles. The molecule has 0 saturated carbocycles. The van der Waals surface area contributed by atoms with Crippen molar-refractivity contribution in [3.63, 3.8) is 0 Å². The van der Waals surface area contributed by atoms with Crippen LogP contribution in [0.25, 0.3) is 0 Å². The lowest BCUT2D eigenvalue weighted by Crippen LogP contribution is -2.43. The summed E-state index contributed by atoms with van der Waals surface area (Å²) >= 11 is 0. The summed E-state index contributed by atoms with van der Waals surface area (Å²) in [5.41, 5.74) is 0. The summed E-state index contributed by atoms with van der Waals surface area (Å²) in [6.45, 7) is 1.41. The second-order valence-corrected chi connectivity index (χ2v) is 4.00. The Balaban J connectivity index is 2.56. The maximum atomic E-state index is 11.1. The van der Waals surface area contributed by atoms with Crippen molar-refractivity contribution < 1.29 is 9.90 Å². The molecule has 0 radical (unpaired) electrons. The summed E-state index contributed by atoms with van der Waals surface area (Å²) < 4.78 is 0. The molecule has 1 unspecified atom stereocenters. The van der Waals surface area contributed by atoms with Gasteiger partial charge in [0.15, 0.2) is 0 Å². The Morgan fingerprint density at radius 2 is 2.13 bits per heavy atom. The first-order valence-electron chi connectivity index (χ1n) is 5.59. The molecule has 0 aliphatic carbocycles. The number of nitrogens with zero attached hydrogens (tertiary/aromatic N) is 2. The van der Waals surface area contributed by atoms with Crippen molar-refractivity contribution >= 4 is 5.97 Å². The van der Waals surface area contributed by atoms with Crippen LogP contribution in [0.1, 0.15) is 38.5 Å². The van der Waals surface area contributed by atoms with E-state index in [1.807, 2.05) is 4.90 Å². The fourth-order valence-corrected chi connectivity index (χ4v) is 2.09. The Hall–Kier alpha value is -1.08. The van der Waals surface area contributed by atoms with Gasteiger partial charge in [0.05, 0.1) is 6.07 Å². The highest BCUT2D eigenvalue weighted by molar-refractivity contribution is 5.73. The zero-order chi connectivity index (χ0) is 11.1. The number of hydrogen-bond acceptors (Lipinski definition) is 3. The van der Waals surface area contributed by atoms with Crippen LogP contribution in [0, 0.1) is 11.3 Å². The van der Waals surface area contributed by atoms with Gasteiger partial charge in [0.1, 0.15) is 6.04 Å². The van der Waals surface area contributed by atoms with E-state index in [-0.39, 0.29) is 6.04 Å². The monoisotopic (exact) mass is 210 g/mol. The molecule has 4 heteroatoms. The van der Waals surface area contributed by atoms with E-state index >= 15 is 0 Å². The molecule has 0 aromatic rings. The number of carbonyl (C=O) groups is 1. The quantitative estimate of drug-likeness (QED) is 0.768. The third-order valence-corrected chi connectivity index (χ3v) is 2.91. The topological polar surface area (TPSA) is 64.3 Å². The molecule has 0 spiro atoms. The zero-order valence-electron chi connectivity index (χ0n) is 8.98. The molecular formula is C11H18N2O2. The maximum Gasteiger partial charge on any atom is 0.320 e. The number of hydrogen-bond donors (Lipinski definition) is 1. The van der Waals surface area contributed by atoms with E-state index in [1.54, 1.807) is 0 Å². The van der Waals surface area contributed by atoms with Crippen molar-refractivity contribution in [3.05, 3.63) is 0 Å². The predicted molar refractivity (Wildman–Crippen MR) is 56.3 cm³/mol. The molecule has 0 aromatic heterocycles. The summed E-state index contributed by atoms with van der Waals surface area (Å²) in [5, 5.41) is 17.6. The van der Waals surface area contributed by atoms with Crippen LogP contribution in [0.5, 0.6) is 0 Å². The van der Waals surface area contributed by atoms with Crippen LogP contribution >= 0.6 is 0 Å². The van der Waals surface area contributed by atoms with Crippen molar-refractivity contribution in [2.24, 2.45) is 0 Å². The van der Waals surface area contributed by atoms with Crippen LogP contribution in [-0.4, -0.2) is 35.1 Å². The molecule has 1 saturated heterocycles. The highest BCUT2D eigenvalue weighted by atomic mass is 16.4. The third-order valence-electron chi connectivity index (χ3n) is 2.91. The van der Waals surface area contributed by atoms with E-state index in [9.17, 15) is 4.79 Å². The molecule has 1 fully saturated rings. The Morgan fingerprint density at radius 1 is 1.40 bits per heavy atom. The van der Waals surface area contributed by atoms with Crippen LogP contribution in [0.4, 0.5) is 0 Å². The lowest BCUT2D eigenvalue weighted by molar-refractivity contribution is -0.143. The Kier molecular flexibility index (Phi) is 5.13. The second kappa shape index (κ2) is 6.41. The number of aliphatic carboxylic acids is 1. The van der Waals surface area contributed by atoms with Crippen LogP contribution in [0.15, 0.2) is 0 Å². The third kappa shape index (κ3) is 3.88. The molecule has 1 aliphatic rings. The van der Waals surface area contributed by atoms with Gasteiger partial charge in [-0.25, -0.2) is 0 Å². The number of likely N-dealkylation sites (tertiary alicyclic amines) is 1. The number of nitriles is 1. The highest BCUT2D eigenvalue weighted by Crippen LogP contribution is 2.16. The first-order chi connectivity index (χ1) is 7.25. The normalized spacial score (nSPS) is 23.8. The van der Waals surface area contributed by atoms with Gasteiger partial charge >= 0.3 is 5.97 Å². The first-order valence-corrected chi connectivity index (χ1v) is 5.59. The van der Waals surface area contributed by atoms with Crippen molar-refractivity contribution in [3.8, 4) is 6.07 Å². The fraction of sp³-hybridized carbons (Fsp3) is 0.818. The van der Waals surface area contributed by atoms with Gasteiger partial charge < -0.3 is 5.11 Å². The summed E-state index contributed by atoms with van der Waals surface area (Å²) in [6, 6.07) is 1.70. The first kappa shape index (κ1) is 12.0. The van der Waals surface area contributed by atoms with E-state index in [2.05, 4.69) is 6.07 Å². The largest absolute Gasteiger partial charge is 0.480 e. The van der Waals surface area contributed by atoms with E-state index in [1.165, 1.54) is 6.42 Å². The molecule has 0 amide bonds. The lowest BCUT2D eigenvalue weighted by Gasteiger charge is -2.29. The minimum absolute atomic E-state index is 0.376. The molecule has 1 aliphatic heterocycles. The van der Waals surface area contributed by atoms with Gasteiger partial charge in [0, 0.05) is 13.0 Å². The smallest absolute Gasteiger partial charge is 0.320 e. The Labute approximate surface area is 90.5 Å². The Morgan fingerprint density at radius 3 is 2.80 bits per heavy atom. The van der Waals surface area contributed by atoms with E-state index < -0.39 is 5.97 Å². The number of rotatable bonds is 3. The van der Waals surface area contributed by atoms with Crippen LogP contribution in [0.2, 0.25) is 0 Å². The van der Waals surface area contributed by atoms with Crippen LogP contribution < -0.4 is 0 Å².